The number of rotatable bonds is 3. The molecular weight excluding hydrogens is 242 g/mol. The van der Waals surface area contributed by atoms with Gasteiger partial charge < -0.3 is 5.73 Å². The van der Waals surface area contributed by atoms with Crippen LogP contribution in [0.15, 0.2) is 24.3 Å². The second-order valence-electron chi connectivity index (χ2n) is 7.34. The minimum Gasteiger partial charge on any atom is -0.323 e. The molecule has 1 atom stereocenters. The zero-order valence-electron chi connectivity index (χ0n) is 12.9. The highest BCUT2D eigenvalue weighted by atomic mass is 14.7. The molecule has 0 aromatic heterocycles. The topological polar surface area (TPSA) is 26.0 Å². The first-order valence-corrected chi connectivity index (χ1v) is 8.54. The maximum atomic E-state index is 6.56. The van der Waals surface area contributed by atoms with E-state index in [0.717, 1.165) is 5.92 Å². The fourth-order valence-corrected chi connectivity index (χ4v) is 4.31. The van der Waals surface area contributed by atoms with Crippen molar-refractivity contribution in [3.63, 3.8) is 0 Å². The third-order valence-corrected chi connectivity index (χ3v) is 5.87. The van der Waals surface area contributed by atoms with Crippen molar-refractivity contribution in [2.45, 2.75) is 76.7 Å². The lowest BCUT2D eigenvalue weighted by atomic mass is 9.77. The smallest absolute Gasteiger partial charge is 0.0349 e. The van der Waals surface area contributed by atoms with Crippen LogP contribution >= 0.6 is 0 Å². The molecule has 1 nitrogen and oxygen atoms in total. The van der Waals surface area contributed by atoms with Gasteiger partial charge in [0.25, 0.3) is 0 Å². The molecule has 0 amide bonds. The Morgan fingerprint density at radius 2 is 1.55 bits per heavy atom. The number of nitrogens with two attached hydrogens (primary N) is 1. The molecule has 0 radical (unpaired) electrons. The Kier molecular flexibility index (Phi) is 4.16. The Bertz CT molecular complexity index is 422. The third kappa shape index (κ3) is 2.79. The maximum Gasteiger partial charge on any atom is 0.0349 e. The van der Waals surface area contributed by atoms with Gasteiger partial charge in [0.2, 0.25) is 0 Å². The van der Waals surface area contributed by atoms with Gasteiger partial charge in [0.05, 0.1) is 0 Å². The van der Waals surface area contributed by atoms with Crippen LogP contribution in [0, 0.1) is 5.41 Å². The molecule has 1 heteroatoms. The average Bonchev–Trinajstić information content (AvgIpc) is 2.96. The molecule has 2 aliphatic carbocycles. The predicted octanol–water partition coefficient (Wildman–Crippen LogP) is 5.31. The van der Waals surface area contributed by atoms with Crippen molar-refractivity contribution in [3.8, 4) is 0 Å². The minimum absolute atomic E-state index is 0.213. The molecule has 3 rings (SSSR count). The average molecular weight is 271 g/mol. The molecule has 110 valence electrons. The van der Waals surface area contributed by atoms with Crippen molar-refractivity contribution >= 4 is 0 Å². The van der Waals surface area contributed by atoms with Gasteiger partial charge in [-0.2, -0.15) is 0 Å². The first-order valence-electron chi connectivity index (χ1n) is 8.54. The summed E-state index contributed by atoms with van der Waals surface area (Å²) in [5.74, 6) is 0.802. The van der Waals surface area contributed by atoms with E-state index >= 15 is 0 Å². The second-order valence-corrected chi connectivity index (χ2v) is 7.34. The maximum absolute atomic E-state index is 6.56. The highest BCUT2D eigenvalue weighted by Gasteiger charge is 2.35. The van der Waals surface area contributed by atoms with Crippen LogP contribution in [0.4, 0.5) is 0 Å². The van der Waals surface area contributed by atoms with Crippen LogP contribution in [0.5, 0.6) is 0 Å². The summed E-state index contributed by atoms with van der Waals surface area (Å²) in [6.45, 7) is 2.37. The van der Waals surface area contributed by atoms with Crippen LogP contribution in [0.1, 0.15) is 87.8 Å². The summed E-state index contributed by atoms with van der Waals surface area (Å²) in [4.78, 5) is 0. The van der Waals surface area contributed by atoms with E-state index in [1.54, 1.807) is 0 Å². The van der Waals surface area contributed by atoms with Crippen LogP contribution in [0.2, 0.25) is 0 Å². The van der Waals surface area contributed by atoms with E-state index < -0.39 is 0 Å². The van der Waals surface area contributed by atoms with Crippen molar-refractivity contribution in [1.29, 1.82) is 0 Å². The van der Waals surface area contributed by atoms with E-state index in [9.17, 15) is 0 Å². The van der Waals surface area contributed by atoms with Crippen LogP contribution < -0.4 is 5.73 Å². The highest BCUT2D eigenvalue weighted by Crippen LogP contribution is 2.46. The SMILES string of the molecule is CC1(C(N)c2ccc(C3CCCCC3)cc2)CCCC1. The normalized spacial score (nSPS) is 24.7. The van der Waals surface area contributed by atoms with Crippen LogP contribution in [0.3, 0.4) is 0 Å². The molecule has 1 unspecified atom stereocenters. The van der Waals surface area contributed by atoms with E-state index in [1.165, 1.54) is 68.9 Å². The summed E-state index contributed by atoms with van der Waals surface area (Å²) >= 11 is 0. The standard InChI is InChI=1S/C19H29N/c1-19(13-5-6-14-19)18(20)17-11-9-16(10-12-17)15-7-3-2-4-8-15/h9-12,15,18H,2-8,13-14,20H2,1H3. The van der Waals surface area contributed by atoms with Crippen molar-refractivity contribution in [3.05, 3.63) is 35.4 Å². The molecule has 0 heterocycles. The lowest BCUT2D eigenvalue weighted by molar-refractivity contribution is 0.265. The van der Waals surface area contributed by atoms with Crippen LogP contribution in [-0.4, -0.2) is 0 Å². The Morgan fingerprint density at radius 3 is 2.15 bits per heavy atom. The van der Waals surface area contributed by atoms with Gasteiger partial charge in [-0.25, -0.2) is 0 Å². The van der Waals surface area contributed by atoms with E-state index in [4.69, 9.17) is 5.73 Å². The first kappa shape index (κ1) is 14.1. The predicted molar refractivity (Wildman–Crippen MR) is 85.8 cm³/mol. The van der Waals surface area contributed by atoms with E-state index in [-0.39, 0.29) is 6.04 Å². The molecule has 0 saturated heterocycles. The highest BCUT2D eigenvalue weighted by molar-refractivity contribution is 5.29. The second kappa shape index (κ2) is 5.89. The van der Waals surface area contributed by atoms with Gasteiger partial charge in [-0.3, -0.25) is 0 Å². The van der Waals surface area contributed by atoms with Gasteiger partial charge in [0.1, 0.15) is 0 Å². The molecule has 1 aromatic carbocycles. The lowest BCUT2D eigenvalue weighted by Gasteiger charge is -2.32. The Hall–Kier alpha value is -0.820. The molecule has 0 bridgehead atoms. The summed E-state index contributed by atoms with van der Waals surface area (Å²) in [7, 11) is 0. The summed E-state index contributed by atoms with van der Waals surface area (Å²) in [5.41, 5.74) is 9.77. The summed E-state index contributed by atoms with van der Waals surface area (Å²) < 4.78 is 0. The molecule has 0 spiro atoms. The molecule has 2 aliphatic rings. The summed E-state index contributed by atoms with van der Waals surface area (Å²) in [5, 5.41) is 0. The Morgan fingerprint density at radius 1 is 0.950 bits per heavy atom. The number of hydrogen-bond donors (Lipinski definition) is 1. The van der Waals surface area contributed by atoms with Gasteiger partial charge in [-0.1, -0.05) is 63.3 Å². The largest absolute Gasteiger partial charge is 0.323 e. The Labute approximate surface area is 124 Å². The van der Waals surface area contributed by atoms with Crippen molar-refractivity contribution < 1.29 is 0 Å². The third-order valence-electron chi connectivity index (χ3n) is 5.87. The van der Waals surface area contributed by atoms with E-state index in [2.05, 4.69) is 31.2 Å². The molecule has 20 heavy (non-hydrogen) atoms. The van der Waals surface area contributed by atoms with E-state index in [0.29, 0.717) is 5.41 Å². The fraction of sp³-hybridized carbons (Fsp3) is 0.684. The molecule has 0 aliphatic heterocycles. The number of benzene rings is 1. The quantitative estimate of drug-likeness (QED) is 0.791. The van der Waals surface area contributed by atoms with Crippen molar-refractivity contribution in [2.75, 3.05) is 0 Å². The molecular formula is C19H29N. The summed E-state index contributed by atoms with van der Waals surface area (Å²) in [6, 6.07) is 9.52. The molecule has 2 fully saturated rings. The Balaban J connectivity index is 1.72. The molecule has 2 N–H and O–H groups in total. The minimum atomic E-state index is 0.213. The van der Waals surface area contributed by atoms with Crippen LogP contribution in [0.25, 0.3) is 0 Å². The monoisotopic (exact) mass is 271 g/mol. The molecule has 1 aromatic rings. The zero-order chi connectivity index (χ0) is 14.0. The molecule has 2 saturated carbocycles. The van der Waals surface area contributed by atoms with Gasteiger partial charge in [0.15, 0.2) is 0 Å². The lowest BCUT2D eigenvalue weighted by Crippen LogP contribution is -2.29. The number of hydrogen-bond acceptors (Lipinski definition) is 1. The van der Waals surface area contributed by atoms with Crippen LogP contribution in [-0.2, 0) is 0 Å². The summed E-state index contributed by atoms with van der Waals surface area (Å²) in [6.07, 6.45) is 12.3. The van der Waals surface area contributed by atoms with Gasteiger partial charge in [-0.15, -0.1) is 0 Å². The van der Waals surface area contributed by atoms with Crippen molar-refractivity contribution in [2.24, 2.45) is 11.1 Å². The van der Waals surface area contributed by atoms with Crippen molar-refractivity contribution in [1.82, 2.24) is 0 Å². The first-order chi connectivity index (χ1) is 9.69. The van der Waals surface area contributed by atoms with Gasteiger partial charge >= 0.3 is 0 Å². The van der Waals surface area contributed by atoms with Gasteiger partial charge in [0, 0.05) is 6.04 Å². The van der Waals surface area contributed by atoms with E-state index in [1.807, 2.05) is 0 Å². The zero-order valence-corrected chi connectivity index (χ0v) is 12.9. The van der Waals surface area contributed by atoms with Gasteiger partial charge in [-0.05, 0) is 48.1 Å². The fourth-order valence-electron chi connectivity index (χ4n) is 4.31.